The monoisotopic (exact) mass is 578 g/mol. The molecule has 0 aliphatic carbocycles. The maximum Gasteiger partial charge on any atom is 0.254 e. The van der Waals surface area contributed by atoms with E-state index in [2.05, 4.69) is 52.0 Å². The zero-order chi connectivity index (χ0) is 29.2. The minimum atomic E-state index is -0.345. The van der Waals surface area contributed by atoms with Crippen molar-refractivity contribution in [3.63, 3.8) is 0 Å². The fourth-order valence-electron chi connectivity index (χ4n) is 5.70. The van der Waals surface area contributed by atoms with Crippen LogP contribution in [0.15, 0.2) is 84.0 Å². The molecule has 3 aromatic carbocycles. The van der Waals surface area contributed by atoms with Crippen LogP contribution in [0.3, 0.4) is 0 Å². The van der Waals surface area contributed by atoms with Crippen molar-refractivity contribution in [3.05, 3.63) is 95.6 Å². The van der Waals surface area contributed by atoms with Crippen molar-refractivity contribution in [1.82, 2.24) is 29.5 Å². The molecule has 5 aromatic rings. The van der Waals surface area contributed by atoms with Gasteiger partial charge in [-0.3, -0.25) is 9.59 Å². The van der Waals surface area contributed by atoms with Crippen molar-refractivity contribution in [2.75, 3.05) is 19.6 Å². The van der Waals surface area contributed by atoms with E-state index in [1.165, 1.54) is 22.9 Å². The summed E-state index contributed by atoms with van der Waals surface area (Å²) in [4.78, 5) is 35.4. The first kappa shape index (κ1) is 27.9. The fraction of sp³-hybridized carbons (Fsp3) is 0.303. The lowest BCUT2D eigenvalue weighted by Crippen LogP contribution is -2.56. The van der Waals surface area contributed by atoms with Crippen molar-refractivity contribution in [1.29, 1.82) is 0 Å². The first-order chi connectivity index (χ1) is 20.4. The van der Waals surface area contributed by atoms with Gasteiger partial charge in [-0.15, -0.1) is 10.2 Å². The van der Waals surface area contributed by atoms with Gasteiger partial charge in [0.05, 0.1) is 10.8 Å². The number of carbonyl (C=O) groups excluding carboxylic acids is 2. The van der Waals surface area contributed by atoms with Gasteiger partial charge >= 0.3 is 0 Å². The van der Waals surface area contributed by atoms with Gasteiger partial charge in [-0.05, 0) is 49.6 Å². The van der Waals surface area contributed by atoms with E-state index in [4.69, 9.17) is 4.98 Å². The van der Waals surface area contributed by atoms with Crippen LogP contribution < -0.4 is 0 Å². The number of para-hydroxylation sites is 1. The molecule has 0 radical (unpaired) electrons. The second kappa shape index (κ2) is 11.9. The Morgan fingerprint density at radius 3 is 2.45 bits per heavy atom. The number of amides is 2. The Kier molecular flexibility index (Phi) is 7.93. The number of hydrogen-bond donors (Lipinski definition) is 0. The zero-order valence-electron chi connectivity index (χ0n) is 24.1. The van der Waals surface area contributed by atoms with Gasteiger partial charge < -0.3 is 14.4 Å². The highest BCUT2D eigenvalue weighted by Crippen LogP contribution is 2.31. The number of aromatic nitrogens is 4. The Labute approximate surface area is 249 Å². The molecule has 3 heterocycles. The molecule has 2 aromatic heterocycles. The number of thioether (sulfide) groups is 1. The number of piperazine rings is 1. The number of benzene rings is 3. The third-order valence-electron chi connectivity index (χ3n) is 8.06. The third-order valence-corrected chi connectivity index (χ3v) is 9.26. The molecule has 1 aliphatic heterocycles. The summed E-state index contributed by atoms with van der Waals surface area (Å²) in [5.41, 5.74) is 5.69. The lowest BCUT2D eigenvalue weighted by Gasteiger charge is -2.40. The molecule has 9 heteroatoms. The Bertz CT molecular complexity index is 1750. The molecule has 2 unspecified atom stereocenters. The maximum atomic E-state index is 13.7. The van der Waals surface area contributed by atoms with Crippen molar-refractivity contribution >= 4 is 45.6 Å². The highest BCUT2D eigenvalue weighted by atomic mass is 32.2. The quantitative estimate of drug-likeness (QED) is 0.235. The van der Waals surface area contributed by atoms with Crippen LogP contribution in [0.4, 0.5) is 0 Å². The van der Waals surface area contributed by atoms with E-state index in [0.717, 1.165) is 22.1 Å². The number of rotatable bonds is 7. The summed E-state index contributed by atoms with van der Waals surface area (Å²) in [6, 6.07) is 25.8. The standard InChI is InChI=1S/C33H34N6O2S/c1-4-28(32(41)37-18-19-38(23(3)20-37)31(40)24-13-6-5-7-14-24)42-33-34-30-29(35-36-33)26-16-10-11-17-27(26)39(30)21-25-15-9-8-12-22(25)2/h5-17,23,28H,4,18-21H2,1-3H3. The van der Waals surface area contributed by atoms with Crippen LogP contribution in [0.2, 0.25) is 0 Å². The van der Waals surface area contributed by atoms with Crippen LogP contribution >= 0.6 is 11.8 Å². The Morgan fingerprint density at radius 1 is 0.952 bits per heavy atom. The average molecular weight is 579 g/mol. The van der Waals surface area contributed by atoms with Crippen LogP contribution in [0.1, 0.15) is 41.8 Å². The molecule has 1 saturated heterocycles. The van der Waals surface area contributed by atoms with E-state index in [1.807, 2.05) is 72.2 Å². The van der Waals surface area contributed by atoms with Crippen molar-refractivity contribution in [2.45, 2.75) is 50.2 Å². The van der Waals surface area contributed by atoms with Crippen LogP contribution in [-0.2, 0) is 11.3 Å². The van der Waals surface area contributed by atoms with Crippen LogP contribution in [0.5, 0.6) is 0 Å². The van der Waals surface area contributed by atoms with Gasteiger partial charge in [0.25, 0.3) is 5.91 Å². The van der Waals surface area contributed by atoms with Gasteiger partial charge in [0.15, 0.2) is 5.65 Å². The van der Waals surface area contributed by atoms with E-state index in [1.54, 1.807) is 0 Å². The maximum absolute atomic E-state index is 13.7. The molecular weight excluding hydrogens is 544 g/mol. The van der Waals surface area contributed by atoms with Crippen molar-refractivity contribution in [2.24, 2.45) is 0 Å². The van der Waals surface area contributed by atoms with Gasteiger partial charge in [0, 0.05) is 43.2 Å². The minimum Gasteiger partial charge on any atom is -0.338 e. The van der Waals surface area contributed by atoms with Gasteiger partial charge in [0.1, 0.15) is 5.52 Å². The predicted molar refractivity (Wildman–Crippen MR) is 167 cm³/mol. The van der Waals surface area contributed by atoms with Crippen LogP contribution in [0, 0.1) is 6.92 Å². The summed E-state index contributed by atoms with van der Waals surface area (Å²) in [6.07, 6.45) is 0.634. The van der Waals surface area contributed by atoms with Gasteiger partial charge in [-0.2, -0.15) is 0 Å². The van der Waals surface area contributed by atoms with E-state index >= 15 is 0 Å². The van der Waals surface area contributed by atoms with Gasteiger partial charge in [-0.1, -0.05) is 79.3 Å². The number of carbonyl (C=O) groups is 2. The highest BCUT2D eigenvalue weighted by molar-refractivity contribution is 8.00. The molecule has 8 nitrogen and oxygen atoms in total. The Balaban J connectivity index is 1.22. The number of hydrogen-bond acceptors (Lipinski definition) is 6. The van der Waals surface area contributed by atoms with Crippen LogP contribution in [-0.4, -0.2) is 72.3 Å². The Morgan fingerprint density at radius 2 is 1.69 bits per heavy atom. The number of nitrogens with zero attached hydrogens (tertiary/aromatic N) is 6. The largest absolute Gasteiger partial charge is 0.338 e. The van der Waals surface area contributed by atoms with E-state index in [0.29, 0.717) is 43.3 Å². The molecule has 1 fully saturated rings. The highest BCUT2D eigenvalue weighted by Gasteiger charge is 2.33. The summed E-state index contributed by atoms with van der Waals surface area (Å²) < 4.78 is 2.19. The van der Waals surface area contributed by atoms with E-state index in [9.17, 15) is 9.59 Å². The first-order valence-corrected chi connectivity index (χ1v) is 15.3. The molecule has 0 bridgehead atoms. The summed E-state index contributed by atoms with van der Waals surface area (Å²) in [6.45, 7) is 8.30. The normalized spacial score (nSPS) is 16.2. The average Bonchev–Trinajstić information content (AvgIpc) is 3.33. The van der Waals surface area contributed by atoms with Gasteiger partial charge in [-0.25, -0.2) is 4.98 Å². The molecule has 0 spiro atoms. The number of fused-ring (bicyclic) bond motifs is 3. The summed E-state index contributed by atoms with van der Waals surface area (Å²) in [5.74, 6) is 0.0517. The number of aryl methyl sites for hydroxylation is 1. The molecule has 2 atom stereocenters. The lowest BCUT2D eigenvalue weighted by molar-refractivity contribution is -0.133. The Hall–Kier alpha value is -4.24. The summed E-state index contributed by atoms with van der Waals surface area (Å²) >= 11 is 1.37. The van der Waals surface area contributed by atoms with Gasteiger partial charge in [0.2, 0.25) is 11.1 Å². The molecule has 0 N–H and O–H groups in total. The topological polar surface area (TPSA) is 84.2 Å². The molecule has 42 heavy (non-hydrogen) atoms. The molecular formula is C33H34N6O2S. The predicted octanol–water partition coefficient (Wildman–Crippen LogP) is 5.58. The SMILES string of the molecule is CCC(Sc1nnc2c3ccccc3n(Cc3ccccc3C)c2n1)C(=O)N1CCN(C(=O)c2ccccc2)C(C)C1. The second-order valence-electron chi connectivity index (χ2n) is 10.8. The third kappa shape index (κ3) is 5.36. The first-order valence-electron chi connectivity index (χ1n) is 14.4. The molecule has 2 amide bonds. The molecule has 6 rings (SSSR count). The smallest absolute Gasteiger partial charge is 0.254 e. The summed E-state index contributed by atoms with van der Waals surface area (Å²) in [7, 11) is 0. The molecule has 1 aliphatic rings. The fourth-order valence-corrected chi connectivity index (χ4v) is 6.60. The van der Waals surface area contributed by atoms with Crippen molar-refractivity contribution in [3.8, 4) is 0 Å². The van der Waals surface area contributed by atoms with E-state index in [-0.39, 0.29) is 23.1 Å². The zero-order valence-corrected chi connectivity index (χ0v) is 24.9. The molecule has 214 valence electrons. The summed E-state index contributed by atoms with van der Waals surface area (Å²) in [5, 5.41) is 10.2. The van der Waals surface area contributed by atoms with Crippen molar-refractivity contribution < 1.29 is 9.59 Å². The lowest BCUT2D eigenvalue weighted by atomic mass is 10.1. The minimum absolute atomic E-state index is 0.00507. The van der Waals surface area contributed by atoms with Crippen LogP contribution in [0.25, 0.3) is 22.1 Å². The molecule has 0 saturated carbocycles. The second-order valence-corrected chi connectivity index (χ2v) is 12.0. The van der Waals surface area contributed by atoms with E-state index < -0.39 is 0 Å².